The third kappa shape index (κ3) is 4.47. The number of rotatable bonds is 6. The van der Waals surface area contributed by atoms with Gasteiger partial charge in [0.05, 0.1) is 5.39 Å². The molecule has 192 valence electrons. The Morgan fingerprint density at radius 3 is 2.78 bits per heavy atom. The summed E-state index contributed by atoms with van der Waals surface area (Å²) in [5, 5.41) is 6.20. The van der Waals surface area contributed by atoms with Crippen molar-refractivity contribution in [3.8, 4) is 17.3 Å². The molecular formula is C28H30ClFN6O. The molecular weight excluding hydrogens is 491 g/mol. The van der Waals surface area contributed by atoms with Crippen molar-refractivity contribution < 1.29 is 9.13 Å². The summed E-state index contributed by atoms with van der Waals surface area (Å²) in [7, 11) is 4.09. The van der Waals surface area contributed by atoms with Gasteiger partial charge in [0.1, 0.15) is 23.6 Å². The molecule has 2 aliphatic rings. The van der Waals surface area contributed by atoms with Crippen LogP contribution in [-0.4, -0.2) is 72.3 Å². The van der Waals surface area contributed by atoms with Crippen LogP contribution >= 0.6 is 11.6 Å². The molecule has 2 saturated heterocycles. The van der Waals surface area contributed by atoms with Crippen LogP contribution in [0.1, 0.15) is 19.3 Å². The average molecular weight is 521 g/mol. The molecule has 0 spiro atoms. The second-order valence-electron chi connectivity index (χ2n) is 10.0. The number of likely N-dealkylation sites (tertiary alicyclic amines) is 1. The SMILES string of the molecule is CN(c1nc(OC[C@@H]2CCCN2C)nc2c(F)c(-c3cccc4cccc(Cl)c34)ncc12)C1CCNC1. The molecule has 6 rings (SSSR count). The molecule has 0 amide bonds. The van der Waals surface area contributed by atoms with Crippen LogP contribution in [0.4, 0.5) is 10.2 Å². The topological polar surface area (TPSA) is 66.4 Å². The van der Waals surface area contributed by atoms with Crippen molar-refractivity contribution in [1.82, 2.24) is 25.2 Å². The van der Waals surface area contributed by atoms with Crippen molar-refractivity contribution in [2.75, 3.05) is 45.2 Å². The third-order valence-corrected chi connectivity index (χ3v) is 8.06. The molecule has 4 aromatic rings. The van der Waals surface area contributed by atoms with Crippen LogP contribution in [0.3, 0.4) is 0 Å². The molecule has 1 N–H and O–H groups in total. The molecule has 7 nitrogen and oxygen atoms in total. The number of anilines is 1. The molecule has 2 aromatic heterocycles. The molecule has 1 unspecified atom stereocenters. The molecule has 2 fully saturated rings. The van der Waals surface area contributed by atoms with Gasteiger partial charge in [-0.15, -0.1) is 0 Å². The van der Waals surface area contributed by atoms with Gasteiger partial charge in [-0.25, -0.2) is 4.39 Å². The van der Waals surface area contributed by atoms with Gasteiger partial charge < -0.3 is 19.9 Å². The van der Waals surface area contributed by atoms with Gasteiger partial charge in [0, 0.05) is 47.8 Å². The summed E-state index contributed by atoms with van der Waals surface area (Å²) in [6, 6.07) is 12.1. The van der Waals surface area contributed by atoms with E-state index >= 15 is 4.39 Å². The number of likely N-dealkylation sites (N-methyl/N-ethyl adjacent to an activating group) is 2. The van der Waals surface area contributed by atoms with Gasteiger partial charge in [-0.05, 0) is 50.9 Å². The maximum absolute atomic E-state index is 16.3. The first-order chi connectivity index (χ1) is 18.0. The molecule has 2 atom stereocenters. The van der Waals surface area contributed by atoms with Crippen molar-refractivity contribution in [2.24, 2.45) is 0 Å². The molecule has 37 heavy (non-hydrogen) atoms. The van der Waals surface area contributed by atoms with Crippen molar-refractivity contribution in [3.63, 3.8) is 0 Å². The quantitative estimate of drug-likeness (QED) is 0.387. The zero-order valence-electron chi connectivity index (χ0n) is 21.0. The number of hydrogen-bond donors (Lipinski definition) is 1. The van der Waals surface area contributed by atoms with Crippen LogP contribution in [0, 0.1) is 5.82 Å². The van der Waals surface area contributed by atoms with E-state index in [1.165, 1.54) is 0 Å². The van der Waals surface area contributed by atoms with Gasteiger partial charge >= 0.3 is 6.01 Å². The van der Waals surface area contributed by atoms with Gasteiger partial charge in [-0.2, -0.15) is 9.97 Å². The van der Waals surface area contributed by atoms with E-state index in [1.54, 1.807) is 6.20 Å². The van der Waals surface area contributed by atoms with E-state index in [2.05, 4.69) is 32.1 Å². The standard InChI is InChI=1S/C28H30ClFN6O/c1-35-13-5-8-19(35)16-37-28-33-26-21(27(34-28)36(2)18-11-12-31-14-18)15-32-25(24(26)30)20-9-3-6-17-7-4-10-22(29)23(17)20/h3-4,6-7,9-10,15,18-19,31H,5,8,11-14,16H2,1-2H3/t18?,19-/m0/s1. The molecule has 2 aromatic carbocycles. The van der Waals surface area contributed by atoms with Crippen molar-refractivity contribution in [1.29, 1.82) is 0 Å². The number of halogens is 2. The first-order valence-corrected chi connectivity index (χ1v) is 13.2. The van der Waals surface area contributed by atoms with Crippen LogP contribution in [0.2, 0.25) is 5.02 Å². The lowest BCUT2D eigenvalue weighted by molar-refractivity contribution is 0.188. The Labute approximate surface area is 220 Å². The van der Waals surface area contributed by atoms with Crippen LogP contribution in [-0.2, 0) is 0 Å². The minimum absolute atomic E-state index is 0.188. The molecule has 0 saturated carbocycles. The highest BCUT2D eigenvalue weighted by molar-refractivity contribution is 6.36. The molecule has 0 radical (unpaired) electrons. The van der Waals surface area contributed by atoms with Gasteiger partial charge in [-0.3, -0.25) is 4.98 Å². The second-order valence-corrected chi connectivity index (χ2v) is 10.4. The highest BCUT2D eigenvalue weighted by Crippen LogP contribution is 2.37. The predicted octanol–water partition coefficient (Wildman–Crippen LogP) is 4.91. The number of fused-ring (bicyclic) bond motifs is 2. The minimum atomic E-state index is -0.505. The lowest BCUT2D eigenvalue weighted by atomic mass is 10.0. The Morgan fingerprint density at radius 2 is 2.03 bits per heavy atom. The summed E-state index contributed by atoms with van der Waals surface area (Å²) in [5.41, 5.74) is 1.04. The maximum atomic E-state index is 16.3. The van der Waals surface area contributed by atoms with Gasteiger partial charge in [0.25, 0.3) is 0 Å². The van der Waals surface area contributed by atoms with E-state index in [0.29, 0.717) is 34.4 Å². The van der Waals surface area contributed by atoms with Crippen molar-refractivity contribution in [2.45, 2.75) is 31.3 Å². The lowest BCUT2D eigenvalue weighted by Crippen LogP contribution is -2.34. The minimum Gasteiger partial charge on any atom is -0.462 e. The Balaban J connectivity index is 1.48. The number of ether oxygens (including phenoxy) is 1. The maximum Gasteiger partial charge on any atom is 0.319 e. The van der Waals surface area contributed by atoms with E-state index in [4.69, 9.17) is 21.3 Å². The number of nitrogens with one attached hydrogen (secondary N) is 1. The summed E-state index contributed by atoms with van der Waals surface area (Å²) >= 11 is 6.55. The first-order valence-electron chi connectivity index (χ1n) is 12.8. The molecule has 2 aliphatic heterocycles. The average Bonchev–Trinajstić information content (AvgIpc) is 3.59. The van der Waals surface area contributed by atoms with E-state index in [1.807, 2.05) is 43.4 Å². The summed E-state index contributed by atoms with van der Waals surface area (Å²) in [6.07, 6.45) is 4.86. The number of benzene rings is 2. The number of hydrogen-bond acceptors (Lipinski definition) is 7. The van der Waals surface area contributed by atoms with Crippen LogP contribution in [0.25, 0.3) is 32.9 Å². The Morgan fingerprint density at radius 1 is 1.19 bits per heavy atom. The van der Waals surface area contributed by atoms with Crippen LogP contribution < -0.4 is 15.0 Å². The van der Waals surface area contributed by atoms with E-state index in [9.17, 15) is 0 Å². The van der Waals surface area contributed by atoms with E-state index in [0.717, 1.165) is 49.7 Å². The summed E-state index contributed by atoms with van der Waals surface area (Å²) in [5.74, 6) is 0.122. The Kier molecular flexibility index (Phi) is 6.56. The molecule has 0 bridgehead atoms. The molecule has 4 heterocycles. The highest BCUT2D eigenvalue weighted by atomic mass is 35.5. The summed E-state index contributed by atoms with van der Waals surface area (Å²) in [4.78, 5) is 18.3. The predicted molar refractivity (Wildman–Crippen MR) is 146 cm³/mol. The fraction of sp³-hybridized carbons (Fsp3) is 0.393. The van der Waals surface area contributed by atoms with Crippen LogP contribution in [0.5, 0.6) is 6.01 Å². The van der Waals surface area contributed by atoms with Crippen molar-refractivity contribution in [3.05, 3.63) is 53.4 Å². The van der Waals surface area contributed by atoms with Gasteiger partial charge in [0.2, 0.25) is 0 Å². The van der Waals surface area contributed by atoms with Crippen molar-refractivity contribution >= 4 is 39.1 Å². The van der Waals surface area contributed by atoms with Crippen LogP contribution in [0.15, 0.2) is 42.6 Å². The summed E-state index contributed by atoms with van der Waals surface area (Å²) < 4.78 is 22.4. The third-order valence-electron chi connectivity index (χ3n) is 7.74. The molecule has 9 heteroatoms. The monoisotopic (exact) mass is 520 g/mol. The second kappa shape index (κ2) is 10.0. The van der Waals surface area contributed by atoms with E-state index < -0.39 is 5.82 Å². The Hall–Kier alpha value is -3.07. The fourth-order valence-corrected chi connectivity index (χ4v) is 5.82. The van der Waals surface area contributed by atoms with Gasteiger partial charge in [0.15, 0.2) is 5.82 Å². The first kappa shape index (κ1) is 24.3. The zero-order chi connectivity index (χ0) is 25.5. The number of nitrogens with zero attached hydrogens (tertiary/aromatic N) is 5. The number of pyridine rings is 1. The fourth-order valence-electron chi connectivity index (χ4n) is 5.54. The largest absolute Gasteiger partial charge is 0.462 e. The smallest absolute Gasteiger partial charge is 0.319 e. The lowest BCUT2D eigenvalue weighted by Gasteiger charge is -2.26. The van der Waals surface area contributed by atoms with E-state index in [-0.39, 0.29) is 23.3 Å². The normalized spacial score (nSPS) is 20.2. The summed E-state index contributed by atoms with van der Waals surface area (Å²) in [6.45, 7) is 3.29. The van der Waals surface area contributed by atoms with Gasteiger partial charge in [-0.1, -0.05) is 41.9 Å². The highest BCUT2D eigenvalue weighted by Gasteiger charge is 2.27. The molecule has 0 aliphatic carbocycles. The zero-order valence-corrected chi connectivity index (χ0v) is 21.8. The Bertz CT molecular complexity index is 1450. The number of aromatic nitrogens is 3.